The lowest BCUT2D eigenvalue weighted by Gasteiger charge is -2.12. The number of benzene rings is 3. The minimum absolute atomic E-state index is 0.254. The number of carboxylic acid groups (broad SMARTS) is 1. The summed E-state index contributed by atoms with van der Waals surface area (Å²) in [6.45, 7) is 2.04. The number of nitrogens with zero attached hydrogens (tertiary/aromatic N) is 2. The van der Waals surface area contributed by atoms with Gasteiger partial charge in [0, 0.05) is 12.0 Å². The van der Waals surface area contributed by atoms with Gasteiger partial charge in [0.2, 0.25) is 0 Å². The van der Waals surface area contributed by atoms with Crippen molar-refractivity contribution in [2.75, 3.05) is 14.2 Å². The minimum Gasteiger partial charge on any atom is -0.497 e. The van der Waals surface area contributed by atoms with Crippen molar-refractivity contribution in [2.24, 2.45) is 0 Å². The van der Waals surface area contributed by atoms with Crippen LogP contribution in [0.3, 0.4) is 0 Å². The number of rotatable bonds is 8. The Labute approximate surface area is 193 Å². The molecule has 0 amide bonds. The van der Waals surface area contributed by atoms with Crippen molar-refractivity contribution in [2.45, 2.75) is 19.3 Å². The standard InChI is InChI=1S/C27H26N2O4/c1-18-7-9-19(10-8-18)26-17-21(28-29(26)22-11-13-23(32-2)14-12-22)16-25(27(30)31)20-5-4-6-24(15-20)33-3/h4-15,17,25H,16H2,1-3H3,(H,30,31). The van der Waals surface area contributed by atoms with Gasteiger partial charge in [-0.15, -0.1) is 0 Å². The van der Waals surface area contributed by atoms with Gasteiger partial charge < -0.3 is 14.6 Å². The maximum absolute atomic E-state index is 12.2. The topological polar surface area (TPSA) is 73.6 Å². The molecule has 1 unspecified atom stereocenters. The molecule has 4 aromatic rings. The van der Waals surface area contributed by atoms with E-state index < -0.39 is 11.9 Å². The summed E-state index contributed by atoms with van der Waals surface area (Å²) in [6, 6.07) is 25.0. The van der Waals surface area contributed by atoms with E-state index in [1.807, 2.05) is 60.1 Å². The molecule has 3 aromatic carbocycles. The lowest BCUT2D eigenvalue weighted by Crippen LogP contribution is -2.15. The lowest BCUT2D eigenvalue weighted by molar-refractivity contribution is -0.138. The number of aryl methyl sites for hydroxylation is 1. The van der Waals surface area contributed by atoms with E-state index in [-0.39, 0.29) is 6.42 Å². The van der Waals surface area contributed by atoms with Crippen LogP contribution in [0.25, 0.3) is 16.9 Å². The van der Waals surface area contributed by atoms with Crippen LogP contribution in [-0.4, -0.2) is 35.1 Å². The summed E-state index contributed by atoms with van der Waals surface area (Å²) < 4.78 is 12.4. The van der Waals surface area contributed by atoms with Crippen molar-refractivity contribution in [3.63, 3.8) is 0 Å². The average Bonchev–Trinajstić information content (AvgIpc) is 3.27. The molecule has 33 heavy (non-hydrogen) atoms. The van der Waals surface area contributed by atoms with Crippen molar-refractivity contribution in [3.8, 4) is 28.4 Å². The SMILES string of the molecule is COc1ccc(-n2nc(CC(C(=O)O)c3cccc(OC)c3)cc2-c2ccc(C)cc2)cc1. The summed E-state index contributed by atoms with van der Waals surface area (Å²) >= 11 is 0. The Bertz CT molecular complexity index is 1240. The average molecular weight is 443 g/mol. The third-order valence-corrected chi connectivity index (χ3v) is 5.63. The van der Waals surface area contributed by atoms with Crippen LogP contribution in [0.1, 0.15) is 22.7 Å². The van der Waals surface area contributed by atoms with E-state index in [0.29, 0.717) is 17.0 Å². The summed E-state index contributed by atoms with van der Waals surface area (Å²) in [4.78, 5) is 12.2. The number of carbonyl (C=O) groups is 1. The fourth-order valence-electron chi connectivity index (χ4n) is 3.80. The predicted octanol–water partition coefficient (Wildman–Crippen LogP) is 5.28. The molecule has 0 fully saturated rings. The maximum Gasteiger partial charge on any atom is 0.311 e. The minimum atomic E-state index is -0.904. The summed E-state index contributed by atoms with van der Waals surface area (Å²) in [5.41, 5.74) is 5.30. The summed E-state index contributed by atoms with van der Waals surface area (Å²) in [5, 5.41) is 14.8. The molecule has 1 heterocycles. The van der Waals surface area contributed by atoms with Gasteiger partial charge in [-0.2, -0.15) is 5.10 Å². The van der Waals surface area contributed by atoms with Gasteiger partial charge in [-0.3, -0.25) is 4.79 Å². The van der Waals surface area contributed by atoms with Crippen LogP contribution >= 0.6 is 0 Å². The van der Waals surface area contributed by atoms with Crippen LogP contribution in [0.2, 0.25) is 0 Å². The first kappa shape index (κ1) is 22.1. The highest BCUT2D eigenvalue weighted by molar-refractivity contribution is 5.77. The summed E-state index contributed by atoms with van der Waals surface area (Å²) in [5.74, 6) is -0.265. The molecule has 0 aliphatic heterocycles. The van der Waals surface area contributed by atoms with E-state index >= 15 is 0 Å². The van der Waals surface area contributed by atoms with Gasteiger partial charge in [-0.1, -0.05) is 42.0 Å². The molecular formula is C27H26N2O4. The molecular weight excluding hydrogens is 416 g/mol. The monoisotopic (exact) mass is 442 g/mol. The van der Waals surface area contributed by atoms with Crippen LogP contribution in [0, 0.1) is 6.92 Å². The molecule has 0 radical (unpaired) electrons. The highest BCUT2D eigenvalue weighted by Gasteiger charge is 2.23. The van der Waals surface area contributed by atoms with E-state index in [1.54, 1.807) is 32.4 Å². The normalized spacial score (nSPS) is 11.7. The van der Waals surface area contributed by atoms with E-state index in [1.165, 1.54) is 5.56 Å². The number of ether oxygens (including phenoxy) is 2. The number of aromatic nitrogens is 2. The molecule has 1 N–H and O–H groups in total. The molecule has 4 rings (SSSR count). The molecule has 1 aromatic heterocycles. The van der Waals surface area contributed by atoms with Crippen LogP contribution < -0.4 is 9.47 Å². The highest BCUT2D eigenvalue weighted by Crippen LogP contribution is 2.29. The fourth-order valence-corrected chi connectivity index (χ4v) is 3.80. The van der Waals surface area contributed by atoms with Crippen LogP contribution in [0.4, 0.5) is 0 Å². The zero-order valence-electron chi connectivity index (χ0n) is 18.9. The number of carboxylic acids is 1. The number of methoxy groups -OCH3 is 2. The molecule has 0 aliphatic carbocycles. The third kappa shape index (κ3) is 4.90. The Morgan fingerprint density at radius 2 is 1.64 bits per heavy atom. The van der Waals surface area contributed by atoms with E-state index in [9.17, 15) is 9.90 Å². The van der Waals surface area contributed by atoms with Crippen LogP contribution in [0.15, 0.2) is 78.9 Å². The van der Waals surface area contributed by atoms with Crippen molar-refractivity contribution in [1.82, 2.24) is 9.78 Å². The summed E-state index contributed by atoms with van der Waals surface area (Å²) in [6.07, 6.45) is 0.254. The molecule has 1 atom stereocenters. The maximum atomic E-state index is 12.2. The first-order valence-electron chi connectivity index (χ1n) is 10.7. The number of hydrogen-bond acceptors (Lipinski definition) is 4. The third-order valence-electron chi connectivity index (χ3n) is 5.63. The second-order valence-electron chi connectivity index (χ2n) is 7.87. The lowest BCUT2D eigenvalue weighted by atomic mass is 9.94. The summed E-state index contributed by atoms with van der Waals surface area (Å²) in [7, 11) is 3.20. The van der Waals surface area contributed by atoms with Crippen molar-refractivity contribution < 1.29 is 19.4 Å². The number of hydrogen-bond donors (Lipinski definition) is 1. The van der Waals surface area contributed by atoms with Gasteiger partial charge in [0.1, 0.15) is 11.5 Å². The predicted molar refractivity (Wildman–Crippen MR) is 127 cm³/mol. The molecule has 168 valence electrons. The zero-order chi connectivity index (χ0) is 23.4. The Morgan fingerprint density at radius 1 is 0.939 bits per heavy atom. The smallest absolute Gasteiger partial charge is 0.311 e. The van der Waals surface area contributed by atoms with Gasteiger partial charge in [0.05, 0.1) is 37.2 Å². The number of aliphatic carboxylic acids is 1. The fraction of sp³-hybridized carbons (Fsp3) is 0.185. The van der Waals surface area contributed by atoms with Crippen molar-refractivity contribution in [1.29, 1.82) is 0 Å². The van der Waals surface area contributed by atoms with Gasteiger partial charge in [0.15, 0.2) is 0 Å². The second-order valence-corrected chi connectivity index (χ2v) is 7.87. The van der Waals surface area contributed by atoms with Crippen molar-refractivity contribution >= 4 is 5.97 Å². The largest absolute Gasteiger partial charge is 0.497 e. The van der Waals surface area contributed by atoms with E-state index in [4.69, 9.17) is 14.6 Å². The van der Waals surface area contributed by atoms with Crippen molar-refractivity contribution in [3.05, 3.63) is 95.7 Å². The Kier molecular flexibility index (Phi) is 6.45. The van der Waals surface area contributed by atoms with Gasteiger partial charge in [-0.05, 0) is 55.0 Å². The molecule has 6 nitrogen and oxygen atoms in total. The van der Waals surface area contributed by atoms with Gasteiger partial charge in [-0.25, -0.2) is 4.68 Å². The second kappa shape index (κ2) is 9.61. The highest BCUT2D eigenvalue weighted by atomic mass is 16.5. The Hall–Kier alpha value is -4.06. The molecule has 0 saturated heterocycles. The molecule has 0 spiro atoms. The van der Waals surface area contributed by atoms with Crippen LogP contribution in [0.5, 0.6) is 11.5 Å². The van der Waals surface area contributed by atoms with Gasteiger partial charge >= 0.3 is 5.97 Å². The Balaban J connectivity index is 1.76. The molecule has 0 aliphatic rings. The molecule has 6 heteroatoms. The molecule has 0 saturated carbocycles. The zero-order valence-corrected chi connectivity index (χ0v) is 18.9. The van der Waals surface area contributed by atoms with E-state index in [2.05, 4.69) is 12.1 Å². The first-order chi connectivity index (χ1) is 16.0. The van der Waals surface area contributed by atoms with Gasteiger partial charge in [0.25, 0.3) is 0 Å². The molecule has 0 bridgehead atoms. The first-order valence-corrected chi connectivity index (χ1v) is 10.7. The Morgan fingerprint density at radius 3 is 2.27 bits per heavy atom. The van der Waals surface area contributed by atoms with Crippen LogP contribution in [-0.2, 0) is 11.2 Å². The van der Waals surface area contributed by atoms with E-state index in [0.717, 1.165) is 22.7 Å². The quantitative estimate of drug-likeness (QED) is 0.402.